The summed E-state index contributed by atoms with van der Waals surface area (Å²) in [5.74, 6) is -0.863. The molecule has 3 nitrogen and oxygen atoms in total. The van der Waals surface area contributed by atoms with Gasteiger partial charge in [-0.1, -0.05) is 31.2 Å². The standard InChI is InChI=1S/C12H14O3/c1-3-12(11(13)14)10(15-12)9-7-5-4-6-8(9)2/h4-7,10H,3H2,1-2H3,(H,13,14). The number of carbonyl (C=O) groups is 1. The fourth-order valence-electron chi connectivity index (χ4n) is 1.95. The minimum absolute atomic E-state index is 0.277. The second-order valence-corrected chi connectivity index (χ2v) is 3.90. The molecule has 0 amide bonds. The predicted molar refractivity (Wildman–Crippen MR) is 55.7 cm³/mol. The van der Waals surface area contributed by atoms with E-state index < -0.39 is 11.6 Å². The zero-order valence-corrected chi connectivity index (χ0v) is 8.86. The van der Waals surface area contributed by atoms with Gasteiger partial charge in [-0.15, -0.1) is 0 Å². The largest absolute Gasteiger partial charge is 0.479 e. The Kier molecular flexibility index (Phi) is 2.27. The van der Waals surface area contributed by atoms with Crippen LogP contribution in [0.4, 0.5) is 0 Å². The molecule has 1 fully saturated rings. The van der Waals surface area contributed by atoms with Crippen LogP contribution in [0.3, 0.4) is 0 Å². The number of rotatable bonds is 3. The molecule has 0 saturated carbocycles. The molecular formula is C12H14O3. The van der Waals surface area contributed by atoms with Crippen LogP contribution < -0.4 is 0 Å². The van der Waals surface area contributed by atoms with Crippen molar-refractivity contribution in [2.24, 2.45) is 0 Å². The molecule has 2 atom stereocenters. The topological polar surface area (TPSA) is 49.8 Å². The maximum Gasteiger partial charge on any atom is 0.339 e. The highest BCUT2D eigenvalue weighted by Crippen LogP contribution is 2.52. The average molecular weight is 206 g/mol. The Morgan fingerprint density at radius 2 is 2.20 bits per heavy atom. The van der Waals surface area contributed by atoms with Crippen molar-refractivity contribution in [2.75, 3.05) is 0 Å². The highest BCUT2D eigenvalue weighted by Gasteiger charge is 2.62. The molecule has 2 unspecified atom stereocenters. The van der Waals surface area contributed by atoms with Crippen molar-refractivity contribution in [3.63, 3.8) is 0 Å². The minimum Gasteiger partial charge on any atom is -0.479 e. The van der Waals surface area contributed by atoms with Gasteiger partial charge in [0.25, 0.3) is 0 Å². The predicted octanol–water partition coefficient (Wildman–Crippen LogP) is 2.30. The van der Waals surface area contributed by atoms with Crippen molar-refractivity contribution in [3.8, 4) is 0 Å². The van der Waals surface area contributed by atoms with Crippen molar-refractivity contribution in [1.82, 2.24) is 0 Å². The molecule has 0 spiro atoms. The second-order valence-electron chi connectivity index (χ2n) is 3.90. The molecule has 1 aliphatic heterocycles. The van der Waals surface area contributed by atoms with Crippen LogP contribution in [-0.2, 0) is 9.53 Å². The summed E-state index contributed by atoms with van der Waals surface area (Å²) < 4.78 is 5.38. The van der Waals surface area contributed by atoms with E-state index in [-0.39, 0.29) is 6.10 Å². The second kappa shape index (κ2) is 3.35. The Morgan fingerprint density at radius 1 is 1.53 bits per heavy atom. The van der Waals surface area contributed by atoms with Gasteiger partial charge < -0.3 is 9.84 Å². The molecule has 1 aliphatic rings. The molecule has 2 rings (SSSR count). The molecule has 1 N–H and O–H groups in total. The first-order valence-corrected chi connectivity index (χ1v) is 5.08. The lowest BCUT2D eigenvalue weighted by molar-refractivity contribution is -0.143. The van der Waals surface area contributed by atoms with E-state index in [2.05, 4.69) is 0 Å². The Balaban J connectivity index is 2.30. The van der Waals surface area contributed by atoms with E-state index in [9.17, 15) is 4.79 Å². The zero-order valence-electron chi connectivity index (χ0n) is 8.86. The normalized spacial score (nSPS) is 28.8. The molecule has 0 bridgehead atoms. The van der Waals surface area contributed by atoms with Gasteiger partial charge in [-0.05, 0) is 24.5 Å². The molecule has 1 aromatic rings. The molecular weight excluding hydrogens is 192 g/mol. The Bertz CT molecular complexity index is 400. The van der Waals surface area contributed by atoms with Crippen LogP contribution in [0.2, 0.25) is 0 Å². The van der Waals surface area contributed by atoms with E-state index in [4.69, 9.17) is 9.84 Å². The van der Waals surface area contributed by atoms with E-state index in [0.29, 0.717) is 6.42 Å². The third-order valence-corrected chi connectivity index (χ3v) is 3.05. The Labute approximate surface area is 88.7 Å². The van der Waals surface area contributed by atoms with E-state index in [1.165, 1.54) is 0 Å². The Hall–Kier alpha value is -1.35. The van der Waals surface area contributed by atoms with Crippen molar-refractivity contribution >= 4 is 5.97 Å². The average Bonchev–Trinajstić information content (AvgIpc) is 2.94. The molecule has 3 heteroatoms. The van der Waals surface area contributed by atoms with E-state index in [0.717, 1.165) is 11.1 Å². The maximum absolute atomic E-state index is 11.1. The highest BCUT2D eigenvalue weighted by molar-refractivity contribution is 5.82. The van der Waals surface area contributed by atoms with E-state index >= 15 is 0 Å². The van der Waals surface area contributed by atoms with Crippen LogP contribution in [0.15, 0.2) is 24.3 Å². The van der Waals surface area contributed by atoms with Crippen LogP contribution in [-0.4, -0.2) is 16.7 Å². The van der Waals surface area contributed by atoms with Crippen LogP contribution in [0.25, 0.3) is 0 Å². The zero-order chi connectivity index (χ0) is 11.1. The van der Waals surface area contributed by atoms with Crippen molar-refractivity contribution in [3.05, 3.63) is 35.4 Å². The van der Waals surface area contributed by atoms with Gasteiger partial charge >= 0.3 is 5.97 Å². The summed E-state index contributed by atoms with van der Waals surface area (Å²) in [6.45, 7) is 3.81. The van der Waals surface area contributed by atoms with E-state index in [1.807, 2.05) is 38.1 Å². The van der Waals surface area contributed by atoms with Gasteiger partial charge in [-0.3, -0.25) is 0 Å². The molecule has 80 valence electrons. The fourth-order valence-corrected chi connectivity index (χ4v) is 1.95. The lowest BCUT2D eigenvalue weighted by Crippen LogP contribution is -2.23. The maximum atomic E-state index is 11.1. The first-order valence-electron chi connectivity index (χ1n) is 5.08. The SMILES string of the molecule is CCC1(C(=O)O)OC1c1ccccc1C. The smallest absolute Gasteiger partial charge is 0.339 e. The summed E-state index contributed by atoms with van der Waals surface area (Å²) in [4.78, 5) is 11.1. The molecule has 1 heterocycles. The molecule has 1 aromatic carbocycles. The summed E-state index contributed by atoms with van der Waals surface area (Å²) >= 11 is 0. The van der Waals surface area contributed by atoms with Crippen LogP contribution >= 0.6 is 0 Å². The van der Waals surface area contributed by atoms with Gasteiger partial charge in [0.2, 0.25) is 0 Å². The molecule has 0 radical (unpaired) electrons. The van der Waals surface area contributed by atoms with Crippen LogP contribution in [0.5, 0.6) is 0 Å². The van der Waals surface area contributed by atoms with Crippen LogP contribution in [0, 0.1) is 6.92 Å². The number of benzene rings is 1. The molecule has 15 heavy (non-hydrogen) atoms. The number of ether oxygens (including phenoxy) is 1. The monoisotopic (exact) mass is 206 g/mol. The van der Waals surface area contributed by atoms with Gasteiger partial charge in [0, 0.05) is 0 Å². The third kappa shape index (κ3) is 1.43. The fraction of sp³-hybridized carbons (Fsp3) is 0.417. The summed E-state index contributed by atoms with van der Waals surface area (Å²) in [6, 6.07) is 7.75. The number of carboxylic acid groups (broad SMARTS) is 1. The first kappa shape index (κ1) is 10.2. The number of hydrogen-bond donors (Lipinski definition) is 1. The quantitative estimate of drug-likeness (QED) is 0.772. The number of carboxylic acids is 1. The number of aliphatic carboxylic acids is 1. The van der Waals surface area contributed by atoms with E-state index in [1.54, 1.807) is 0 Å². The molecule has 0 aliphatic carbocycles. The lowest BCUT2D eigenvalue weighted by Gasteiger charge is -2.05. The van der Waals surface area contributed by atoms with Gasteiger partial charge in [-0.25, -0.2) is 4.79 Å². The van der Waals surface area contributed by atoms with Gasteiger partial charge in [0.05, 0.1) is 0 Å². The molecule has 1 saturated heterocycles. The third-order valence-electron chi connectivity index (χ3n) is 3.05. The minimum atomic E-state index is -0.980. The van der Waals surface area contributed by atoms with Gasteiger partial charge in [0.1, 0.15) is 6.10 Å². The summed E-state index contributed by atoms with van der Waals surface area (Å²) in [5.41, 5.74) is 1.09. The van der Waals surface area contributed by atoms with Crippen LogP contribution in [0.1, 0.15) is 30.6 Å². The van der Waals surface area contributed by atoms with Crippen molar-refractivity contribution in [2.45, 2.75) is 32.0 Å². The van der Waals surface area contributed by atoms with Crippen molar-refractivity contribution < 1.29 is 14.6 Å². The first-order chi connectivity index (χ1) is 7.12. The van der Waals surface area contributed by atoms with Gasteiger partial charge in [-0.2, -0.15) is 0 Å². The molecule has 0 aromatic heterocycles. The number of epoxide rings is 1. The summed E-state index contributed by atoms with van der Waals surface area (Å²) in [5, 5.41) is 9.10. The number of hydrogen-bond acceptors (Lipinski definition) is 2. The lowest BCUT2D eigenvalue weighted by atomic mass is 9.94. The van der Waals surface area contributed by atoms with Gasteiger partial charge in [0.15, 0.2) is 5.60 Å². The summed E-state index contributed by atoms with van der Waals surface area (Å²) in [6.07, 6.45) is 0.225. The Morgan fingerprint density at radius 3 is 2.67 bits per heavy atom. The summed E-state index contributed by atoms with van der Waals surface area (Å²) in [7, 11) is 0. The van der Waals surface area contributed by atoms with Crippen molar-refractivity contribution in [1.29, 1.82) is 0 Å². The number of aryl methyl sites for hydroxylation is 1. The highest BCUT2D eigenvalue weighted by atomic mass is 16.6.